The first-order chi connectivity index (χ1) is 13.8. The van der Waals surface area contributed by atoms with Crippen LogP contribution in [0.25, 0.3) is 5.65 Å². The minimum atomic E-state index is -3.83. The van der Waals surface area contributed by atoms with E-state index in [-0.39, 0.29) is 42.0 Å². The van der Waals surface area contributed by atoms with Gasteiger partial charge in [-0.25, -0.2) is 22.3 Å². The predicted molar refractivity (Wildman–Crippen MR) is 104 cm³/mol. The van der Waals surface area contributed by atoms with Gasteiger partial charge in [0.2, 0.25) is 10.0 Å². The molecular formula is C18H17ClFN5O3S. The quantitative estimate of drug-likeness (QED) is 0.625. The predicted octanol–water partition coefficient (Wildman–Crippen LogP) is 1.98. The van der Waals surface area contributed by atoms with Crippen LogP contribution in [0, 0.1) is 12.7 Å². The lowest BCUT2D eigenvalue weighted by Gasteiger charge is -2.34. The first-order valence-electron chi connectivity index (χ1n) is 8.83. The monoisotopic (exact) mass is 437 g/mol. The Balaban J connectivity index is 1.52. The third-order valence-electron chi connectivity index (χ3n) is 4.84. The van der Waals surface area contributed by atoms with Gasteiger partial charge in [-0.05, 0) is 31.2 Å². The largest absolute Gasteiger partial charge is 0.336 e. The molecule has 8 nitrogen and oxygen atoms in total. The summed E-state index contributed by atoms with van der Waals surface area (Å²) in [6.07, 6.45) is 3.30. The molecule has 152 valence electrons. The van der Waals surface area contributed by atoms with E-state index in [1.807, 2.05) is 0 Å². The Labute approximate surface area is 171 Å². The van der Waals surface area contributed by atoms with Crippen molar-refractivity contribution in [1.29, 1.82) is 0 Å². The molecule has 0 atom stereocenters. The molecule has 3 aromatic rings. The molecule has 1 saturated heterocycles. The third-order valence-corrected chi connectivity index (χ3v) is 7.02. The van der Waals surface area contributed by atoms with Crippen molar-refractivity contribution in [1.82, 2.24) is 23.8 Å². The van der Waals surface area contributed by atoms with E-state index in [1.54, 1.807) is 34.8 Å². The zero-order valence-electron chi connectivity index (χ0n) is 15.4. The lowest BCUT2D eigenvalue weighted by molar-refractivity contribution is 0.0699. The smallest absolute Gasteiger partial charge is 0.259 e. The van der Waals surface area contributed by atoms with Gasteiger partial charge in [-0.1, -0.05) is 11.6 Å². The van der Waals surface area contributed by atoms with E-state index in [0.29, 0.717) is 16.9 Å². The van der Waals surface area contributed by atoms with Crippen molar-refractivity contribution in [3.63, 3.8) is 0 Å². The summed E-state index contributed by atoms with van der Waals surface area (Å²) in [7, 11) is -3.83. The SMILES string of the molecule is Cc1nn2cccnc2c1C(=O)N1CCN(S(=O)(=O)c2ccc(F)c(Cl)c2)CC1. The number of carbonyl (C=O) groups is 1. The first kappa shape index (κ1) is 19.7. The molecule has 1 aliphatic heterocycles. The molecular weight excluding hydrogens is 421 g/mol. The van der Waals surface area contributed by atoms with Gasteiger partial charge in [0.1, 0.15) is 11.4 Å². The molecule has 1 aromatic carbocycles. The molecule has 1 fully saturated rings. The van der Waals surface area contributed by atoms with Gasteiger partial charge in [0, 0.05) is 38.6 Å². The van der Waals surface area contributed by atoms with Crippen LogP contribution in [0.3, 0.4) is 0 Å². The molecule has 0 spiro atoms. The molecule has 0 bridgehead atoms. The summed E-state index contributed by atoms with van der Waals surface area (Å²) in [4.78, 5) is 18.7. The standard InChI is InChI=1S/C18H17ClFN5O3S/c1-12-16(17-21-5-2-6-25(17)22-12)18(26)23-7-9-24(10-8-23)29(27,28)13-3-4-15(20)14(19)11-13/h2-6,11H,7-10H2,1H3. The molecule has 1 aliphatic rings. The number of carbonyl (C=O) groups excluding carboxylic acids is 1. The van der Waals surface area contributed by atoms with E-state index in [0.717, 1.165) is 12.1 Å². The molecule has 0 radical (unpaired) electrons. The highest BCUT2D eigenvalue weighted by atomic mass is 35.5. The topological polar surface area (TPSA) is 87.9 Å². The van der Waals surface area contributed by atoms with Gasteiger partial charge < -0.3 is 4.90 Å². The number of rotatable bonds is 3. The number of nitrogens with zero attached hydrogens (tertiary/aromatic N) is 5. The molecule has 0 saturated carbocycles. The summed E-state index contributed by atoms with van der Waals surface area (Å²) in [5, 5.41) is 4.04. The number of aryl methyl sites for hydroxylation is 1. The molecule has 1 amide bonds. The number of hydrogen-bond acceptors (Lipinski definition) is 5. The average molecular weight is 438 g/mol. The Morgan fingerprint density at radius 3 is 2.62 bits per heavy atom. The third kappa shape index (κ3) is 3.47. The molecule has 4 rings (SSSR count). The van der Waals surface area contributed by atoms with Crippen LogP contribution in [0.5, 0.6) is 0 Å². The van der Waals surface area contributed by atoms with E-state index in [9.17, 15) is 17.6 Å². The molecule has 0 unspecified atom stereocenters. The van der Waals surface area contributed by atoms with Crippen molar-refractivity contribution < 1.29 is 17.6 Å². The van der Waals surface area contributed by atoms with E-state index < -0.39 is 15.8 Å². The van der Waals surface area contributed by atoms with Gasteiger partial charge in [0.15, 0.2) is 5.65 Å². The number of fused-ring (bicyclic) bond motifs is 1. The van der Waals surface area contributed by atoms with Crippen LogP contribution in [0.2, 0.25) is 5.02 Å². The molecule has 3 heterocycles. The van der Waals surface area contributed by atoms with Crippen molar-refractivity contribution in [3.8, 4) is 0 Å². The summed E-state index contributed by atoms with van der Waals surface area (Å²) in [6.45, 7) is 2.41. The second-order valence-electron chi connectivity index (χ2n) is 6.62. The van der Waals surface area contributed by atoms with Crippen LogP contribution in [0.4, 0.5) is 4.39 Å². The lowest BCUT2D eigenvalue weighted by atomic mass is 10.2. The Kier molecular flexibility index (Phi) is 5.01. The second-order valence-corrected chi connectivity index (χ2v) is 8.97. The molecule has 2 aromatic heterocycles. The van der Waals surface area contributed by atoms with E-state index >= 15 is 0 Å². The zero-order chi connectivity index (χ0) is 20.8. The number of amides is 1. The van der Waals surface area contributed by atoms with Crippen molar-refractivity contribution in [2.45, 2.75) is 11.8 Å². The van der Waals surface area contributed by atoms with Crippen LogP contribution >= 0.6 is 11.6 Å². The maximum atomic E-state index is 13.4. The number of halogens is 2. The van der Waals surface area contributed by atoms with Crippen molar-refractivity contribution >= 4 is 33.2 Å². The summed E-state index contributed by atoms with van der Waals surface area (Å²) < 4.78 is 41.8. The summed E-state index contributed by atoms with van der Waals surface area (Å²) in [5.74, 6) is -0.920. The normalized spacial score (nSPS) is 15.8. The van der Waals surface area contributed by atoms with Crippen molar-refractivity contribution in [3.05, 3.63) is 58.8 Å². The fraction of sp³-hybridized carbons (Fsp3) is 0.278. The maximum Gasteiger partial charge on any atom is 0.259 e. The van der Waals surface area contributed by atoms with Crippen molar-refractivity contribution in [2.24, 2.45) is 0 Å². The van der Waals surface area contributed by atoms with Crippen molar-refractivity contribution in [2.75, 3.05) is 26.2 Å². The lowest BCUT2D eigenvalue weighted by Crippen LogP contribution is -2.50. The Hall–Kier alpha value is -2.56. The average Bonchev–Trinajstić information content (AvgIpc) is 3.05. The summed E-state index contributed by atoms with van der Waals surface area (Å²) >= 11 is 5.72. The van der Waals surface area contributed by atoms with Crippen LogP contribution in [-0.4, -0.2) is 64.3 Å². The van der Waals surface area contributed by atoms with Crippen LogP contribution in [-0.2, 0) is 10.0 Å². The Bertz CT molecular complexity index is 1210. The maximum absolute atomic E-state index is 13.4. The summed E-state index contributed by atoms with van der Waals surface area (Å²) in [6, 6.07) is 5.02. The highest BCUT2D eigenvalue weighted by molar-refractivity contribution is 7.89. The highest BCUT2D eigenvalue weighted by Crippen LogP contribution is 2.24. The number of hydrogen-bond donors (Lipinski definition) is 0. The molecule has 0 aliphatic carbocycles. The van der Waals surface area contributed by atoms with E-state index in [1.165, 1.54) is 10.4 Å². The summed E-state index contributed by atoms with van der Waals surface area (Å²) in [5.41, 5.74) is 1.43. The fourth-order valence-corrected chi connectivity index (χ4v) is 5.02. The highest BCUT2D eigenvalue weighted by Gasteiger charge is 2.32. The minimum absolute atomic E-state index is 0.0775. The van der Waals surface area contributed by atoms with Gasteiger partial charge >= 0.3 is 0 Å². The van der Waals surface area contributed by atoms with Gasteiger partial charge in [0.05, 0.1) is 15.6 Å². The zero-order valence-corrected chi connectivity index (χ0v) is 17.0. The van der Waals surface area contributed by atoms with Gasteiger partial charge in [-0.15, -0.1) is 0 Å². The minimum Gasteiger partial charge on any atom is -0.336 e. The van der Waals surface area contributed by atoms with Crippen LogP contribution in [0.15, 0.2) is 41.6 Å². The van der Waals surface area contributed by atoms with Gasteiger partial charge in [-0.3, -0.25) is 4.79 Å². The first-order valence-corrected chi connectivity index (χ1v) is 10.7. The fourth-order valence-electron chi connectivity index (χ4n) is 3.32. The number of sulfonamides is 1. The molecule has 0 N–H and O–H groups in total. The van der Waals surface area contributed by atoms with E-state index in [4.69, 9.17) is 11.6 Å². The number of aromatic nitrogens is 3. The van der Waals surface area contributed by atoms with Gasteiger partial charge in [-0.2, -0.15) is 9.40 Å². The number of benzene rings is 1. The second kappa shape index (κ2) is 7.36. The molecule has 11 heteroatoms. The van der Waals surface area contributed by atoms with Crippen LogP contribution < -0.4 is 0 Å². The Morgan fingerprint density at radius 1 is 1.21 bits per heavy atom. The van der Waals surface area contributed by atoms with E-state index in [2.05, 4.69) is 10.1 Å². The number of piperazine rings is 1. The Morgan fingerprint density at radius 2 is 1.93 bits per heavy atom. The van der Waals surface area contributed by atoms with Gasteiger partial charge in [0.25, 0.3) is 5.91 Å². The van der Waals surface area contributed by atoms with Crippen LogP contribution in [0.1, 0.15) is 16.1 Å². The molecule has 29 heavy (non-hydrogen) atoms.